The van der Waals surface area contributed by atoms with E-state index in [2.05, 4.69) is 13.5 Å². The van der Waals surface area contributed by atoms with Crippen LogP contribution in [-0.2, 0) is 9.47 Å². The highest BCUT2D eigenvalue weighted by Crippen LogP contribution is 2.26. The Morgan fingerprint density at radius 1 is 1.58 bits per heavy atom. The molecule has 0 amide bonds. The molecule has 0 aromatic carbocycles. The minimum absolute atomic E-state index is 0.300. The third-order valence-corrected chi connectivity index (χ3v) is 2.05. The maximum Gasteiger partial charge on any atom is 0.0564 e. The van der Waals surface area contributed by atoms with Crippen molar-refractivity contribution >= 4 is 0 Å². The molecule has 0 spiro atoms. The molecule has 1 heterocycles. The molecular weight excluding hydrogens is 152 g/mol. The van der Waals surface area contributed by atoms with E-state index in [0.717, 1.165) is 39.3 Å². The van der Waals surface area contributed by atoms with Gasteiger partial charge < -0.3 is 9.47 Å². The van der Waals surface area contributed by atoms with Crippen molar-refractivity contribution in [1.82, 2.24) is 0 Å². The molecule has 2 nitrogen and oxygen atoms in total. The van der Waals surface area contributed by atoms with Crippen LogP contribution in [0.1, 0.15) is 19.8 Å². The van der Waals surface area contributed by atoms with E-state index in [1.54, 1.807) is 0 Å². The molecule has 0 atom stereocenters. The lowest BCUT2D eigenvalue weighted by Crippen LogP contribution is -2.43. The Morgan fingerprint density at radius 2 is 2.33 bits per heavy atom. The smallest absolute Gasteiger partial charge is 0.0564 e. The average Bonchev–Trinajstić information content (AvgIpc) is 2.01. The van der Waals surface area contributed by atoms with Gasteiger partial charge in [0.15, 0.2) is 0 Å². The van der Waals surface area contributed by atoms with Crippen LogP contribution in [0.5, 0.6) is 0 Å². The molecule has 12 heavy (non-hydrogen) atoms. The number of ether oxygens (including phenoxy) is 2. The summed E-state index contributed by atoms with van der Waals surface area (Å²) >= 11 is 0. The van der Waals surface area contributed by atoms with Crippen LogP contribution < -0.4 is 0 Å². The molecule has 70 valence electrons. The van der Waals surface area contributed by atoms with E-state index in [9.17, 15) is 0 Å². The van der Waals surface area contributed by atoms with Gasteiger partial charge in [0.1, 0.15) is 0 Å². The molecule has 1 fully saturated rings. The van der Waals surface area contributed by atoms with Crippen molar-refractivity contribution in [3.8, 4) is 0 Å². The average molecular weight is 170 g/mol. The molecular formula is C10H18O2. The first-order valence-electron chi connectivity index (χ1n) is 4.53. The van der Waals surface area contributed by atoms with Gasteiger partial charge in [0.2, 0.25) is 0 Å². The van der Waals surface area contributed by atoms with Gasteiger partial charge in [-0.15, -0.1) is 6.58 Å². The van der Waals surface area contributed by atoms with Crippen molar-refractivity contribution in [3.05, 3.63) is 12.7 Å². The summed E-state index contributed by atoms with van der Waals surface area (Å²) < 4.78 is 10.6. The number of hydrogen-bond acceptors (Lipinski definition) is 2. The SMILES string of the molecule is C=CCCCOCC1(C)COC1. The van der Waals surface area contributed by atoms with Crippen LogP contribution in [0.15, 0.2) is 12.7 Å². The van der Waals surface area contributed by atoms with Crippen molar-refractivity contribution in [1.29, 1.82) is 0 Å². The maximum absolute atomic E-state index is 5.51. The summed E-state index contributed by atoms with van der Waals surface area (Å²) in [5.74, 6) is 0. The first-order chi connectivity index (χ1) is 5.77. The molecule has 1 aliphatic rings. The van der Waals surface area contributed by atoms with Crippen LogP contribution in [0.3, 0.4) is 0 Å². The van der Waals surface area contributed by atoms with Gasteiger partial charge in [0.25, 0.3) is 0 Å². The lowest BCUT2D eigenvalue weighted by Gasteiger charge is -2.37. The van der Waals surface area contributed by atoms with Gasteiger partial charge in [0, 0.05) is 12.0 Å². The van der Waals surface area contributed by atoms with Gasteiger partial charge in [-0.3, -0.25) is 0 Å². The topological polar surface area (TPSA) is 18.5 Å². The first kappa shape index (κ1) is 9.75. The second-order valence-electron chi connectivity index (χ2n) is 3.79. The third-order valence-electron chi connectivity index (χ3n) is 2.05. The van der Waals surface area contributed by atoms with Crippen molar-refractivity contribution in [2.75, 3.05) is 26.4 Å². The molecule has 0 radical (unpaired) electrons. The summed E-state index contributed by atoms with van der Waals surface area (Å²) in [5.41, 5.74) is 0.300. The van der Waals surface area contributed by atoms with Gasteiger partial charge in [-0.05, 0) is 12.8 Å². The van der Waals surface area contributed by atoms with E-state index in [0.29, 0.717) is 5.41 Å². The fraction of sp³-hybridized carbons (Fsp3) is 0.800. The zero-order valence-corrected chi connectivity index (χ0v) is 7.84. The standard InChI is InChI=1S/C10H18O2/c1-3-4-5-6-11-7-10(2)8-12-9-10/h3H,1,4-9H2,2H3. The maximum atomic E-state index is 5.51. The predicted octanol–water partition coefficient (Wildman–Crippen LogP) is 2.01. The minimum atomic E-state index is 0.300. The van der Waals surface area contributed by atoms with Crippen molar-refractivity contribution < 1.29 is 9.47 Å². The summed E-state index contributed by atoms with van der Waals surface area (Å²) in [5, 5.41) is 0. The molecule has 1 saturated heterocycles. The summed E-state index contributed by atoms with van der Waals surface area (Å²) in [6.45, 7) is 9.25. The minimum Gasteiger partial charge on any atom is -0.381 e. The van der Waals surface area contributed by atoms with Crippen LogP contribution in [0, 0.1) is 5.41 Å². The molecule has 0 bridgehead atoms. The molecule has 1 aliphatic heterocycles. The van der Waals surface area contributed by atoms with Gasteiger partial charge >= 0.3 is 0 Å². The Bertz CT molecular complexity index is 139. The number of unbranched alkanes of at least 4 members (excludes halogenated alkanes) is 1. The first-order valence-corrected chi connectivity index (χ1v) is 4.53. The van der Waals surface area contributed by atoms with E-state index in [1.165, 1.54) is 0 Å². The summed E-state index contributed by atoms with van der Waals surface area (Å²) in [6.07, 6.45) is 4.06. The second-order valence-corrected chi connectivity index (χ2v) is 3.79. The van der Waals surface area contributed by atoms with E-state index >= 15 is 0 Å². The third kappa shape index (κ3) is 2.95. The highest BCUT2D eigenvalue weighted by molar-refractivity contribution is 4.80. The second kappa shape index (κ2) is 4.63. The van der Waals surface area contributed by atoms with Gasteiger partial charge in [-0.1, -0.05) is 13.0 Å². The lowest BCUT2D eigenvalue weighted by molar-refractivity contribution is -0.137. The monoisotopic (exact) mass is 170 g/mol. The zero-order valence-electron chi connectivity index (χ0n) is 7.84. The quantitative estimate of drug-likeness (QED) is 0.448. The Kier molecular flexibility index (Phi) is 3.76. The van der Waals surface area contributed by atoms with Crippen LogP contribution in [0.4, 0.5) is 0 Å². The summed E-state index contributed by atoms with van der Waals surface area (Å²) in [7, 11) is 0. The zero-order chi connectivity index (χ0) is 8.86. The van der Waals surface area contributed by atoms with Crippen LogP contribution in [-0.4, -0.2) is 26.4 Å². The predicted molar refractivity (Wildman–Crippen MR) is 49.2 cm³/mol. The fourth-order valence-electron chi connectivity index (χ4n) is 1.18. The molecule has 0 aromatic heterocycles. The Hall–Kier alpha value is -0.340. The summed E-state index contributed by atoms with van der Waals surface area (Å²) in [4.78, 5) is 0. The largest absolute Gasteiger partial charge is 0.381 e. The Labute approximate surface area is 74.6 Å². The molecule has 0 N–H and O–H groups in total. The fourth-order valence-corrected chi connectivity index (χ4v) is 1.18. The number of hydrogen-bond donors (Lipinski definition) is 0. The molecule has 0 aromatic rings. The highest BCUT2D eigenvalue weighted by Gasteiger charge is 2.33. The van der Waals surface area contributed by atoms with Crippen molar-refractivity contribution in [2.24, 2.45) is 5.41 Å². The Morgan fingerprint density at radius 3 is 2.83 bits per heavy atom. The summed E-state index contributed by atoms with van der Waals surface area (Å²) in [6, 6.07) is 0. The lowest BCUT2D eigenvalue weighted by atomic mass is 9.90. The normalized spacial score (nSPS) is 20.1. The van der Waals surface area contributed by atoms with E-state index in [-0.39, 0.29) is 0 Å². The van der Waals surface area contributed by atoms with Gasteiger partial charge in [-0.25, -0.2) is 0 Å². The highest BCUT2D eigenvalue weighted by atomic mass is 16.5. The van der Waals surface area contributed by atoms with E-state index < -0.39 is 0 Å². The van der Waals surface area contributed by atoms with Crippen molar-refractivity contribution in [3.63, 3.8) is 0 Å². The molecule has 0 aliphatic carbocycles. The van der Waals surface area contributed by atoms with Crippen LogP contribution >= 0.6 is 0 Å². The van der Waals surface area contributed by atoms with Gasteiger partial charge in [-0.2, -0.15) is 0 Å². The van der Waals surface area contributed by atoms with Crippen LogP contribution in [0.2, 0.25) is 0 Å². The molecule has 2 heteroatoms. The number of allylic oxidation sites excluding steroid dienone is 1. The van der Waals surface area contributed by atoms with E-state index in [1.807, 2.05) is 6.08 Å². The van der Waals surface area contributed by atoms with E-state index in [4.69, 9.17) is 9.47 Å². The Balaban J connectivity index is 1.91. The van der Waals surface area contributed by atoms with Crippen LogP contribution in [0.25, 0.3) is 0 Å². The van der Waals surface area contributed by atoms with Gasteiger partial charge in [0.05, 0.1) is 19.8 Å². The molecule has 0 unspecified atom stereocenters. The molecule has 1 rings (SSSR count). The number of rotatable bonds is 6. The molecule has 0 saturated carbocycles. The van der Waals surface area contributed by atoms with Crippen molar-refractivity contribution in [2.45, 2.75) is 19.8 Å².